The molecule has 0 spiro atoms. The van der Waals surface area contributed by atoms with E-state index in [1.807, 2.05) is 36.4 Å². The van der Waals surface area contributed by atoms with Gasteiger partial charge in [-0.1, -0.05) is 18.2 Å². The fourth-order valence-corrected chi connectivity index (χ4v) is 0.782. The van der Waals surface area contributed by atoms with E-state index in [9.17, 15) is 0 Å². The number of hydrogen-bond donors (Lipinski definition) is 1. The molecule has 1 unspecified atom stereocenters. The van der Waals surface area contributed by atoms with Crippen molar-refractivity contribution in [2.24, 2.45) is 5.73 Å². The maximum atomic E-state index is 8.62. The van der Waals surface area contributed by atoms with Crippen molar-refractivity contribution < 1.29 is 4.74 Å². The van der Waals surface area contributed by atoms with Crippen LogP contribution in [0.3, 0.4) is 0 Å². The van der Waals surface area contributed by atoms with Crippen LogP contribution in [0, 0.1) is 11.3 Å². The number of nitrogens with two attached hydrogens (primary N) is 1. The minimum atomic E-state index is -0.921. The standard InChI is InChI=1S/C10H12N2O/c1-10(12,7-11)8-13-9-5-3-2-4-6-9/h2-6H,8,12H2,1H3. The number of nitriles is 1. The smallest absolute Gasteiger partial charge is 0.135 e. The van der Waals surface area contributed by atoms with Gasteiger partial charge in [0, 0.05) is 0 Å². The van der Waals surface area contributed by atoms with Gasteiger partial charge in [-0.3, -0.25) is 0 Å². The van der Waals surface area contributed by atoms with E-state index in [4.69, 9.17) is 15.7 Å². The molecule has 0 heterocycles. The van der Waals surface area contributed by atoms with E-state index in [0.29, 0.717) is 0 Å². The van der Waals surface area contributed by atoms with Crippen molar-refractivity contribution in [2.45, 2.75) is 12.5 Å². The third-order valence-corrected chi connectivity index (χ3v) is 1.54. The third kappa shape index (κ3) is 3.14. The van der Waals surface area contributed by atoms with Crippen LogP contribution in [0.25, 0.3) is 0 Å². The molecule has 0 saturated carbocycles. The zero-order chi connectivity index (χ0) is 9.73. The van der Waals surface area contributed by atoms with Gasteiger partial charge >= 0.3 is 0 Å². The molecule has 3 heteroatoms. The van der Waals surface area contributed by atoms with Gasteiger partial charge < -0.3 is 10.5 Å². The molecule has 0 bridgehead atoms. The number of ether oxygens (including phenoxy) is 1. The zero-order valence-electron chi connectivity index (χ0n) is 7.53. The topological polar surface area (TPSA) is 59.0 Å². The highest BCUT2D eigenvalue weighted by atomic mass is 16.5. The molecule has 0 aliphatic heterocycles. The van der Waals surface area contributed by atoms with Crippen molar-refractivity contribution in [3.63, 3.8) is 0 Å². The summed E-state index contributed by atoms with van der Waals surface area (Å²) >= 11 is 0. The van der Waals surface area contributed by atoms with Crippen LogP contribution in [0.5, 0.6) is 5.75 Å². The summed E-state index contributed by atoms with van der Waals surface area (Å²) < 4.78 is 5.31. The van der Waals surface area contributed by atoms with Gasteiger partial charge in [-0.25, -0.2) is 0 Å². The van der Waals surface area contributed by atoms with E-state index >= 15 is 0 Å². The van der Waals surface area contributed by atoms with Crippen molar-refractivity contribution >= 4 is 0 Å². The predicted octanol–water partition coefficient (Wildman–Crippen LogP) is 1.31. The lowest BCUT2D eigenvalue weighted by Gasteiger charge is -2.15. The first kappa shape index (κ1) is 9.56. The Hall–Kier alpha value is -1.53. The van der Waals surface area contributed by atoms with Crippen LogP contribution in [0.4, 0.5) is 0 Å². The highest BCUT2D eigenvalue weighted by Crippen LogP contribution is 2.10. The van der Waals surface area contributed by atoms with Gasteiger partial charge in [0.15, 0.2) is 0 Å². The number of para-hydroxylation sites is 1. The Labute approximate surface area is 77.7 Å². The molecule has 0 radical (unpaired) electrons. The van der Waals surface area contributed by atoms with Crippen LogP contribution >= 0.6 is 0 Å². The highest BCUT2D eigenvalue weighted by molar-refractivity contribution is 5.21. The van der Waals surface area contributed by atoms with Crippen molar-refractivity contribution in [2.75, 3.05) is 6.61 Å². The maximum Gasteiger partial charge on any atom is 0.135 e. The fourth-order valence-electron chi connectivity index (χ4n) is 0.782. The number of benzene rings is 1. The zero-order valence-corrected chi connectivity index (χ0v) is 7.53. The molecule has 13 heavy (non-hydrogen) atoms. The van der Waals surface area contributed by atoms with Gasteiger partial charge in [0.25, 0.3) is 0 Å². The molecule has 0 fully saturated rings. The second-order valence-electron chi connectivity index (χ2n) is 3.13. The van der Waals surface area contributed by atoms with E-state index in [1.165, 1.54) is 0 Å². The molecule has 68 valence electrons. The van der Waals surface area contributed by atoms with E-state index in [1.54, 1.807) is 6.92 Å². The predicted molar refractivity (Wildman–Crippen MR) is 50.1 cm³/mol. The Balaban J connectivity index is 2.50. The Morgan fingerprint density at radius 3 is 2.62 bits per heavy atom. The average molecular weight is 176 g/mol. The molecule has 1 aromatic carbocycles. The van der Waals surface area contributed by atoms with E-state index in [2.05, 4.69) is 0 Å². The summed E-state index contributed by atoms with van der Waals surface area (Å²) in [5.41, 5.74) is 4.66. The Bertz CT molecular complexity index is 300. The molecule has 3 nitrogen and oxygen atoms in total. The Kier molecular flexibility index (Phi) is 2.88. The first-order chi connectivity index (χ1) is 6.14. The molecule has 1 rings (SSSR count). The third-order valence-electron chi connectivity index (χ3n) is 1.54. The van der Waals surface area contributed by atoms with Gasteiger partial charge in [0.1, 0.15) is 17.9 Å². The van der Waals surface area contributed by atoms with Gasteiger partial charge in [-0.15, -0.1) is 0 Å². The van der Waals surface area contributed by atoms with Gasteiger partial charge in [-0.05, 0) is 19.1 Å². The molecule has 0 saturated heterocycles. The second-order valence-corrected chi connectivity index (χ2v) is 3.13. The molecule has 0 aliphatic rings. The summed E-state index contributed by atoms with van der Waals surface area (Å²) in [5.74, 6) is 0.731. The molecule has 1 aromatic rings. The van der Waals surface area contributed by atoms with Crippen molar-refractivity contribution in [1.82, 2.24) is 0 Å². The minimum Gasteiger partial charge on any atom is -0.491 e. The second kappa shape index (κ2) is 3.92. The normalized spacial score (nSPS) is 14.2. The van der Waals surface area contributed by atoms with Crippen LogP contribution in [0.1, 0.15) is 6.92 Å². The van der Waals surface area contributed by atoms with Crippen LogP contribution in [-0.4, -0.2) is 12.1 Å². The fraction of sp³-hybridized carbons (Fsp3) is 0.300. The largest absolute Gasteiger partial charge is 0.491 e. The summed E-state index contributed by atoms with van der Waals surface area (Å²) in [7, 11) is 0. The van der Waals surface area contributed by atoms with Crippen molar-refractivity contribution in [1.29, 1.82) is 5.26 Å². The number of rotatable bonds is 3. The van der Waals surface area contributed by atoms with Gasteiger partial charge in [0.2, 0.25) is 0 Å². The van der Waals surface area contributed by atoms with Crippen molar-refractivity contribution in [3.05, 3.63) is 30.3 Å². The quantitative estimate of drug-likeness (QED) is 0.755. The molecule has 0 amide bonds. The van der Waals surface area contributed by atoms with Crippen LogP contribution in [-0.2, 0) is 0 Å². The Morgan fingerprint density at radius 2 is 2.08 bits per heavy atom. The Morgan fingerprint density at radius 1 is 1.46 bits per heavy atom. The van der Waals surface area contributed by atoms with E-state index in [0.717, 1.165) is 5.75 Å². The number of hydrogen-bond acceptors (Lipinski definition) is 3. The SMILES string of the molecule is CC(N)(C#N)COc1ccccc1. The van der Waals surface area contributed by atoms with Crippen LogP contribution < -0.4 is 10.5 Å². The summed E-state index contributed by atoms with van der Waals surface area (Å²) in [4.78, 5) is 0. The van der Waals surface area contributed by atoms with Crippen LogP contribution in [0.15, 0.2) is 30.3 Å². The monoisotopic (exact) mass is 176 g/mol. The van der Waals surface area contributed by atoms with Gasteiger partial charge in [0.05, 0.1) is 6.07 Å². The molecular weight excluding hydrogens is 164 g/mol. The first-order valence-corrected chi connectivity index (χ1v) is 4.02. The molecule has 0 aromatic heterocycles. The lowest BCUT2D eigenvalue weighted by atomic mass is 10.1. The summed E-state index contributed by atoms with van der Waals surface area (Å²) in [6, 6.07) is 11.3. The molecule has 1 atom stereocenters. The lowest BCUT2D eigenvalue weighted by Crippen LogP contribution is -2.40. The summed E-state index contributed by atoms with van der Waals surface area (Å²) in [6.07, 6.45) is 0. The lowest BCUT2D eigenvalue weighted by molar-refractivity contribution is 0.265. The van der Waals surface area contributed by atoms with E-state index in [-0.39, 0.29) is 6.61 Å². The molecule has 0 aliphatic carbocycles. The number of nitrogens with zero attached hydrogens (tertiary/aromatic N) is 1. The van der Waals surface area contributed by atoms with Crippen molar-refractivity contribution in [3.8, 4) is 11.8 Å². The van der Waals surface area contributed by atoms with Crippen LogP contribution in [0.2, 0.25) is 0 Å². The molecule has 2 N–H and O–H groups in total. The van der Waals surface area contributed by atoms with Gasteiger partial charge in [-0.2, -0.15) is 5.26 Å². The average Bonchev–Trinajstić information content (AvgIpc) is 2.17. The summed E-state index contributed by atoms with van der Waals surface area (Å²) in [6.45, 7) is 1.84. The van der Waals surface area contributed by atoms with E-state index < -0.39 is 5.54 Å². The maximum absolute atomic E-state index is 8.62. The highest BCUT2D eigenvalue weighted by Gasteiger charge is 2.17. The minimum absolute atomic E-state index is 0.202. The first-order valence-electron chi connectivity index (χ1n) is 4.02. The molecular formula is C10H12N2O. The summed E-state index contributed by atoms with van der Waals surface area (Å²) in [5, 5.41) is 8.62.